The van der Waals surface area contributed by atoms with Gasteiger partial charge in [-0.05, 0) is 25.0 Å². The molecule has 2 aromatic rings. The number of urea groups is 1. The zero-order valence-electron chi connectivity index (χ0n) is 19.0. The summed E-state index contributed by atoms with van der Waals surface area (Å²) in [6.07, 6.45) is 4.58. The highest BCUT2D eigenvalue weighted by molar-refractivity contribution is 6.05. The lowest BCUT2D eigenvalue weighted by Gasteiger charge is -2.55. The van der Waals surface area contributed by atoms with E-state index in [0.29, 0.717) is 28.1 Å². The molecule has 12 heteroatoms. The predicted molar refractivity (Wildman–Crippen MR) is 128 cm³/mol. The number of amidine groups is 1. The molecule has 1 aromatic heterocycles. The number of anilines is 3. The number of likely N-dealkylation sites (tertiary alicyclic amines) is 1. The van der Waals surface area contributed by atoms with Crippen molar-refractivity contribution < 1.29 is 14.3 Å². The maximum atomic E-state index is 12.6. The summed E-state index contributed by atoms with van der Waals surface area (Å²) < 4.78 is 5.50. The Kier molecular flexibility index (Phi) is 6.30. The summed E-state index contributed by atoms with van der Waals surface area (Å²) in [7, 11) is 2.94. The average Bonchev–Trinajstić information content (AvgIpc) is 2.77. The molecule has 2 fully saturated rings. The van der Waals surface area contributed by atoms with Crippen molar-refractivity contribution in [1.29, 1.82) is 5.41 Å². The van der Waals surface area contributed by atoms with E-state index in [9.17, 15) is 9.59 Å². The highest BCUT2D eigenvalue weighted by Crippen LogP contribution is 2.48. The third kappa shape index (κ3) is 4.34. The van der Waals surface area contributed by atoms with Gasteiger partial charge < -0.3 is 26.0 Å². The van der Waals surface area contributed by atoms with E-state index in [-0.39, 0.29) is 23.4 Å². The molecule has 1 saturated heterocycles. The van der Waals surface area contributed by atoms with Gasteiger partial charge in [0.2, 0.25) is 0 Å². The fourth-order valence-electron chi connectivity index (χ4n) is 4.25. The van der Waals surface area contributed by atoms with Crippen LogP contribution in [0.25, 0.3) is 0 Å². The number of benzene rings is 1. The maximum absolute atomic E-state index is 12.6. The third-order valence-corrected chi connectivity index (χ3v) is 6.17. The van der Waals surface area contributed by atoms with Crippen LogP contribution in [0.4, 0.5) is 22.0 Å². The quantitative estimate of drug-likeness (QED) is 0.320. The van der Waals surface area contributed by atoms with Crippen molar-refractivity contribution in [2.45, 2.75) is 19.3 Å². The van der Waals surface area contributed by atoms with Gasteiger partial charge in [0.05, 0.1) is 30.4 Å². The number of carbonyl (C=O) groups is 2. The SMILES string of the molecule is CNC(=O)c1nnc(NC(=O)N2CC3(CCC3)C2)cc1Nc1cccc(C(=N)/N=C\N)c1OC. The minimum absolute atomic E-state index is 0.0281. The number of methoxy groups -OCH3 is 1. The van der Waals surface area contributed by atoms with Crippen LogP contribution in [0.2, 0.25) is 0 Å². The first-order valence-electron chi connectivity index (χ1n) is 10.8. The number of aromatic nitrogens is 2. The molecule has 0 radical (unpaired) electrons. The molecule has 4 rings (SSSR count). The molecule has 0 unspecified atom stereocenters. The Morgan fingerprint density at radius 1 is 1.26 bits per heavy atom. The predicted octanol–water partition coefficient (Wildman–Crippen LogP) is 1.92. The standard InChI is InChI=1S/C22H27N9O3/c1-25-20(32)17-15(27-14-6-3-5-13(18(14)34-2)19(24)26-12-23)9-16(29-30-17)28-21(33)31-10-22(11-31)7-4-8-22/h3,5-6,9,12H,4,7-8,10-11H2,1-2H3,(H,25,32)(H3,23,24,26)(H2,27,28,29,33). The summed E-state index contributed by atoms with van der Waals surface area (Å²) in [5.41, 5.74) is 6.81. The summed E-state index contributed by atoms with van der Waals surface area (Å²) in [5, 5.41) is 24.5. The van der Waals surface area contributed by atoms with Crippen molar-refractivity contribution in [2.24, 2.45) is 16.1 Å². The Bertz CT molecular complexity index is 1150. The molecule has 3 amide bonds. The Hall–Kier alpha value is -4.22. The lowest BCUT2D eigenvalue weighted by Crippen LogP contribution is -2.62. The summed E-state index contributed by atoms with van der Waals surface area (Å²) in [4.78, 5) is 30.6. The summed E-state index contributed by atoms with van der Waals surface area (Å²) in [6, 6.07) is 6.36. The van der Waals surface area contributed by atoms with Crippen LogP contribution in [-0.4, -0.2) is 66.5 Å². The second-order valence-corrected chi connectivity index (χ2v) is 8.35. The fraction of sp³-hybridized carbons (Fsp3) is 0.364. The van der Waals surface area contributed by atoms with E-state index < -0.39 is 5.91 Å². The summed E-state index contributed by atoms with van der Waals surface area (Å²) in [5.74, 6) is -0.0210. The zero-order chi connectivity index (χ0) is 24.3. The summed E-state index contributed by atoms with van der Waals surface area (Å²) in [6.45, 7) is 1.49. The van der Waals surface area contributed by atoms with Crippen LogP contribution in [-0.2, 0) is 0 Å². The first kappa shape index (κ1) is 23.0. The first-order chi connectivity index (χ1) is 16.4. The number of rotatable bonds is 6. The molecule has 0 bridgehead atoms. The highest BCUT2D eigenvalue weighted by Gasteiger charge is 2.49. The highest BCUT2D eigenvalue weighted by atomic mass is 16.5. The van der Waals surface area contributed by atoms with Crippen molar-refractivity contribution >= 4 is 41.3 Å². The van der Waals surface area contributed by atoms with Crippen molar-refractivity contribution in [3.8, 4) is 5.75 Å². The molecule has 2 heterocycles. The minimum atomic E-state index is -0.460. The molecule has 34 heavy (non-hydrogen) atoms. The second kappa shape index (κ2) is 9.33. The van der Waals surface area contributed by atoms with Crippen molar-refractivity contribution in [3.63, 3.8) is 0 Å². The Morgan fingerprint density at radius 3 is 2.65 bits per heavy atom. The van der Waals surface area contributed by atoms with Gasteiger partial charge in [-0.3, -0.25) is 15.5 Å². The van der Waals surface area contributed by atoms with Crippen molar-refractivity contribution in [3.05, 3.63) is 35.5 Å². The number of para-hydroxylation sites is 1. The monoisotopic (exact) mass is 465 g/mol. The van der Waals surface area contributed by atoms with Crippen molar-refractivity contribution in [1.82, 2.24) is 20.4 Å². The van der Waals surface area contributed by atoms with Gasteiger partial charge in [-0.15, -0.1) is 10.2 Å². The lowest BCUT2D eigenvalue weighted by molar-refractivity contribution is -0.0289. The van der Waals surface area contributed by atoms with E-state index in [2.05, 4.69) is 31.1 Å². The van der Waals surface area contributed by atoms with Crippen LogP contribution < -0.4 is 26.4 Å². The van der Waals surface area contributed by atoms with Gasteiger partial charge in [0.25, 0.3) is 5.91 Å². The maximum Gasteiger partial charge on any atom is 0.323 e. The van der Waals surface area contributed by atoms with Crippen LogP contribution >= 0.6 is 0 Å². The molecule has 12 nitrogen and oxygen atoms in total. The van der Waals surface area contributed by atoms with Gasteiger partial charge in [-0.1, -0.05) is 12.5 Å². The minimum Gasteiger partial charge on any atom is -0.494 e. The van der Waals surface area contributed by atoms with Gasteiger partial charge in [-0.2, -0.15) is 0 Å². The van der Waals surface area contributed by atoms with Gasteiger partial charge in [-0.25, -0.2) is 9.79 Å². The van der Waals surface area contributed by atoms with E-state index in [1.165, 1.54) is 39.5 Å². The molecule has 6 N–H and O–H groups in total. The largest absolute Gasteiger partial charge is 0.494 e. The number of hydrogen-bond acceptors (Lipinski definition) is 7. The van der Waals surface area contributed by atoms with Gasteiger partial charge in [0.1, 0.15) is 0 Å². The third-order valence-electron chi connectivity index (χ3n) is 6.17. The normalized spacial score (nSPS) is 15.9. The summed E-state index contributed by atoms with van der Waals surface area (Å²) >= 11 is 0. The van der Waals surface area contributed by atoms with E-state index in [4.69, 9.17) is 15.9 Å². The van der Waals surface area contributed by atoms with Gasteiger partial charge in [0, 0.05) is 31.6 Å². The Morgan fingerprint density at radius 2 is 2.03 bits per heavy atom. The molecule has 1 saturated carbocycles. The molecule has 1 aromatic carbocycles. The first-order valence-corrected chi connectivity index (χ1v) is 10.8. The van der Waals surface area contributed by atoms with E-state index >= 15 is 0 Å². The number of ether oxygens (including phenoxy) is 1. The smallest absolute Gasteiger partial charge is 0.323 e. The van der Waals surface area contributed by atoms with Crippen LogP contribution in [0, 0.1) is 10.8 Å². The molecule has 1 aliphatic carbocycles. The number of carbonyl (C=O) groups excluding carboxylic acids is 2. The van der Waals surface area contributed by atoms with Crippen LogP contribution in [0.15, 0.2) is 29.3 Å². The number of hydrogen-bond donors (Lipinski definition) is 5. The zero-order valence-corrected chi connectivity index (χ0v) is 19.0. The number of nitrogens with two attached hydrogens (primary N) is 1. The molecule has 1 aliphatic heterocycles. The van der Waals surface area contributed by atoms with Crippen LogP contribution in [0.5, 0.6) is 5.75 Å². The van der Waals surface area contributed by atoms with Crippen LogP contribution in [0.3, 0.4) is 0 Å². The molecule has 0 atom stereocenters. The number of amides is 3. The lowest BCUT2D eigenvalue weighted by atomic mass is 9.64. The van der Waals surface area contributed by atoms with E-state index in [1.54, 1.807) is 23.1 Å². The van der Waals surface area contributed by atoms with Crippen LogP contribution in [0.1, 0.15) is 35.3 Å². The Labute approximate surface area is 196 Å². The van der Waals surface area contributed by atoms with E-state index in [0.717, 1.165) is 19.4 Å². The number of aliphatic imine (C=N–C) groups is 1. The molecular weight excluding hydrogens is 438 g/mol. The topological polar surface area (TPSA) is 171 Å². The van der Waals surface area contributed by atoms with E-state index in [1.807, 2.05) is 0 Å². The molecule has 1 spiro atoms. The molecular formula is C22H27N9O3. The number of nitrogens with zero attached hydrogens (tertiary/aromatic N) is 4. The molecule has 2 aliphatic rings. The second-order valence-electron chi connectivity index (χ2n) is 8.35. The Balaban J connectivity index is 1.60. The molecule has 178 valence electrons. The number of nitrogens with one attached hydrogen (secondary N) is 4. The fourth-order valence-corrected chi connectivity index (χ4v) is 4.25. The van der Waals surface area contributed by atoms with Crippen molar-refractivity contribution in [2.75, 3.05) is 37.9 Å². The van der Waals surface area contributed by atoms with Gasteiger partial charge >= 0.3 is 6.03 Å². The average molecular weight is 466 g/mol. The van der Waals surface area contributed by atoms with Gasteiger partial charge in [0.15, 0.2) is 23.1 Å².